The SMILES string of the molecule is COc1ccccc1CC(C)CC(=O)Nc1cccc(CSCC(=O)O)c1. The monoisotopic (exact) mass is 387 g/mol. The van der Waals surface area contributed by atoms with Gasteiger partial charge in [-0.1, -0.05) is 37.3 Å². The van der Waals surface area contributed by atoms with Crippen LogP contribution in [0, 0.1) is 5.92 Å². The summed E-state index contributed by atoms with van der Waals surface area (Å²) in [6, 6.07) is 15.4. The number of carbonyl (C=O) groups is 2. The summed E-state index contributed by atoms with van der Waals surface area (Å²) in [6.07, 6.45) is 1.18. The Hall–Kier alpha value is -2.47. The first-order valence-electron chi connectivity index (χ1n) is 8.78. The number of carbonyl (C=O) groups excluding carboxylic acids is 1. The zero-order chi connectivity index (χ0) is 19.6. The highest BCUT2D eigenvalue weighted by atomic mass is 32.2. The van der Waals surface area contributed by atoms with Gasteiger partial charge in [0.1, 0.15) is 5.75 Å². The van der Waals surface area contributed by atoms with Gasteiger partial charge in [-0.15, -0.1) is 11.8 Å². The Labute approximate surface area is 164 Å². The molecule has 2 aromatic rings. The van der Waals surface area contributed by atoms with Crippen molar-refractivity contribution in [1.82, 2.24) is 0 Å². The van der Waals surface area contributed by atoms with Gasteiger partial charge in [-0.2, -0.15) is 0 Å². The highest BCUT2D eigenvalue weighted by molar-refractivity contribution is 7.99. The van der Waals surface area contributed by atoms with Gasteiger partial charge in [-0.25, -0.2) is 0 Å². The second-order valence-electron chi connectivity index (χ2n) is 6.46. The van der Waals surface area contributed by atoms with Gasteiger partial charge < -0.3 is 15.2 Å². The lowest BCUT2D eigenvalue weighted by molar-refractivity contribution is -0.133. The minimum atomic E-state index is -0.825. The number of benzene rings is 2. The van der Waals surface area contributed by atoms with Crippen molar-refractivity contribution in [3.05, 3.63) is 59.7 Å². The normalized spacial score (nSPS) is 11.6. The van der Waals surface area contributed by atoms with E-state index in [2.05, 4.69) is 5.32 Å². The number of anilines is 1. The van der Waals surface area contributed by atoms with E-state index in [4.69, 9.17) is 9.84 Å². The van der Waals surface area contributed by atoms with Gasteiger partial charge >= 0.3 is 5.97 Å². The van der Waals surface area contributed by atoms with Gasteiger partial charge in [0.05, 0.1) is 12.9 Å². The molecule has 144 valence electrons. The van der Waals surface area contributed by atoms with E-state index in [1.54, 1.807) is 7.11 Å². The second-order valence-corrected chi connectivity index (χ2v) is 7.45. The van der Waals surface area contributed by atoms with Gasteiger partial charge in [0.15, 0.2) is 0 Å². The Morgan fingerprint density at radius 1 is 1.19 bits per heavy atom. The van der Waals surface area contributed by atoms with E-state index >= 15 is 0 Å². The minimum Gasteiger partial charge on any atom is -0.496 e. The molecule has 2 N–H and O–H groups in total. The maximum Gasteiger partial charge on any atom is 0.313 e. The number of carboxylic acids is 1. The molecule has 0 heterocycles. The van der Waals surface area contributed by atoms with Crippen LogP contribution in [0.3, 0.4) is 0 Å². The number of carboxylic acid groups (broad SMARTS) is 1. The molecular weight excluding hydrogens is 362 g/mol. The molecule has 27 heavy (non-hydrogen) atoms. The average Bonchev–Trinajstić information content (AvgIpc) is 2.62. The van der Waals surface area contributed by atoms with Crippen LogP contribution in [0.1, 0.15) is 24.5 Å². The number of amides is 1. The smallest absolute Gasteiger partial charge is 0.313 e. The van der Waals surface area contributed by atoms with E-state index in [1.165, 1.54) is 11.8 Å². The van der Waals surface area contributed by atoms with Crippen LogP contribution < -0.4 is 10.1 Å². The fourth-order valence-electron chi connectivity index (χ4n) is 2.84. The molecule has 1 unspecified atom stereocenters. The summed E-state index contributed by atoms with van der Waals surface area (Å²) in [5.74, 6) is 0.824. The van der Waals surface area contributed by atoms with Gasteiger partial charge in [0.25, 0.3) is 0 Å². The van der Waals surface area contributed by atoms with Crippen molar-refractivity contribution in [2.75, 3.05) is 18.2 Å². The van der Waals surface area contributed by atoms with Gasteiger partial charge in [0.2, 0.25) is 5.91 Å². The molecule has 0 radical (unpaired) electrons. The lowest BCUT2D eigenvalue weighted by atomic mass is 9.97. The first-order valence-corrected chi connectivity index (χ1v) is 9.93. The number of hydrogen-bond donors (Lipinski definition) is 2. The molecule has 2 rings (SSSR count). The maximum absolute atomic E-state index is 12.4. The van der Waals surface area contributed by atoms with Crippen LogP contribution in [0.4, 0.5) is 5.69 Å². The molecule has 2 aromatic carbocycles. The van der Waals surface area contributed by atoms with Crippen molar-refractivity contribution >= 4 is 29.3 Å². The number of rotatable bonds is 10. The molecule has 0 saturated carbocycles. The first-order chi connectivity index (χ1) is 13.0. The maximum atomic E-state index is 12.4. The van der Waals surface area contributed by atoms with Crippen LogP contribution in [0.15, 0.2) is 48.5 Å². The molecular formula is C21H25NO4S. The van der Waals surface area contributed by atoms with Crippen LogP contribution in [-0.2, 0) is 21.8 Å². The summed E-state index contributed by atoms with van der Waals surface area (Å²) < 4.78 is 5.37. The van der Waals surface area contributed by atoms with E-state index in [0.29, 0.717) is 12.2 Å². The number of nitrogens with one attached hydrogen (secondary N) is 1. The molecule has 0 aliphatic rings. The number of para-hydroxylation sites is 1. The molecule has 0 fully saturated rings. The Balaban J connectivity index is 1.86. The topological polar surface area (TPSA) is 75.6 Å². The number of aliphatic carboxylic acids is 1. The fraction of sp³-hybridized carbons (Fsp3) is 0.333. The van der Waals surface area contributed by atoms with Gasteiger partial charge in [-0.05, 0) is 41.7 Å². The number of thioether (sulfide) groups is 1. The quantitative estimate of drug-likeness (QED) is 0.638. The van der Waals surface area contributed by atoms with E-state index in [9.17, 15) is 9.59 Å². The van der Waals surface area contributed by atoms with E-state index in [1.807, 2.05) is 55.5 Å². The van der Waals surface area contributed by atoms with E-state index < -0.39 is 5.97 Å². The molecule has 1 atom stereocenters. The van der Waals surface area contributed by atoms with Crippen LogP contribution in [-0.4, -0.2) is 29.8 Å². The van der Waals surface area contributed by atoms with Crippen LogP contribution >= 0.6 is 11.8 Å². The van der Waals surface area contributed by atoms with E-state index in [-0.39, 0.29) is 17.6 Å². The van der Waals surface area contributed by atoms with E-state index in [0.717, 1.165) is 29.0 Å². The summed E-state index contributed by atoms with van der Waals surface area (Å²) in [5.41, 5.74) is 2.82. The van der Waals surface area contributed by atoms with Crippen LogP contribution in [0.5, 0.6) is 5.75 Å². The van der Waals surface area contributed by atoms with Crippen molar-refractivity contribution in [2.24, 2.45) is 5.92 Å². The second kappa shape index (κ2) is 10.6. The average molecular weight is 388 g/mol. The summed E-state index contributed by atoms with van der Waals surface area (Å²) >= 11 is 1.33. The Kier molecular flexibility index (Phi) is 8.20. The standard InChI is InChI=1S/C21H25NO4S/c1-15(10-17-7-3-4-9-19(17)26-2)11-20(23)22-18-8-5-6-16(12-18)13-27-14-21(24)25/h3-9,12,15H,10-11,13-14H2,1-2H3,(H,22,23)(H,24,25). The zero-order valence-corrected chi connectivity index (χ0v) is 16.4. The Bertz CT molecular complexity index is 778. The molecule has 0 aromatic heterocycles. The minimum absolute atomic E-state index is 0.0345. The third-order valence-electron chi connectivity index (χ3n) is 4.00. The third kappa shape index (κ3) is 7.35. The molecule has 1 amide bonds. The van der Waals surface area contributed by atoms with Crippen LogP contribution in [0.25, 0.3) is 0 Å². The summed E-state index contributed by atoms with van der Waals surface area (Å²) in [4.78, 5) is 22.9. The number of methoxy groups -OCH3 is 1. The number of ether oxygens (including phenoxy) is 1. The Morgan fingerprint density at radius 2 is 1.96 bits per heavy atom. The molecule has 0 aliphatic heterocycles. The highest BCUT2D eigenvalue weighted by Crippen LogP contribution is 2.23. The van der Waals surface area contributed by atoms with Gasteiger partial charge in [0, 0.05) is 17.9 Å². The predicted molar refractivity (Wildman–Crippen MR) is 109 cm³/mol. The summed E-state index contributed by atoms with van der Waals surface area (Å²) in [6.45, 7) is 2.05. The molecule has 0 aliphatic carbocycles. The third-order valence-corrected chi connectivity index (χ3v) is 4.99. The van der Waals surface area contributed by atoms with Gasteiger partial charge in [-0.3, -0.25) is 9.59 Å². The van der Waals surface area contributed by atoms with Crippen molar-refractivity contribution in [2.45, 2.75) is 25.5 Å². The highest BCUT2D eigenvalue weighted by Gasteiger charge is 2.13. The zero-order valence-electron chi connectivity index (χ0n) is 15.6. The van der Waals surface area contributed by atoms with Crippen molar-refractivity contribution in [3.8, 4) is 5.75 Å². The fourth-order valence-corrected chi connectivity index (χ4v) is 3.53. The van der Waals surface area contributed by atoms with Crippen LogP contribution in [0.2, 0.25) is 0 Å². The lowest BCUT2D eigenvalue weighted by Crippen LogP contribution is -2.16. The molecule has 6 heteroatoms. The molecule has 0 spiro atoms. The molecule has 5 nitrogen and oxygen atoms in total. The summed E-state index contributed by atoms with van der Waals surface area (Å²) in [5, 5.41) is 11.6. The number of hydrogen-bond acceptors (Lipinski definition) is 4. The molecule has 0 bridgehead atoms. The largest absolute Gasteiger partial charge is 0.496 e. The lowest BCUT2D eigenvalue weighted by Gasteiger charge is -2.14. The molecule has 0 saturated heterocycles. The van der Waals surface area contributed by atoms with Crippen molar-refractivity contribution < 1.29 is 19.4 Å². The van der Waals surface area contributed by atoms with Crippen molar-refractivity contribution in [1.29, 1.82) is 0 Å². The van der Waals surface area contributed by atoms with Crippen molar-refractivity contribution in [3.63, 3.8) is 0 Å². The first kappa shape index (κ1) is 20.8. The predicted octanol–water partition coefficient (Wildman–Crippen LogP) is 4.22. The Morgan fingerprint density at radius 3 is 2.70 bits per heavy atom. The summed E-state index contributed by atoms with van der Waals surface area (Å²) in [7, 11) is 1.65.